The Hall–Kier alpha value is -3.00. The van der Waals surface area contributed by atoms with Gasteiger partial charge in [-0.15, -0.1) is 0 Å². The molecule has 6 nitrogen and oxygen atoms in total. The Kier molecular flexibility index (Phi) is 6.12. The van der Waals surface area contributed by atoms with Gasteiger partial charge in [0.2, 0.25) is 0 Å². The molecule has 1 aliphatic rings. The third kappa shape index (κ3) is 4.22. The lowest BCUT2D eigenvalue weighted by molar-refractivity contribution is -0.150. The van der Waals surface area contributed by atoms with E-state index >= 15 is 0 Å². The smallest absolute Gasteiger partial charge is 0.407 e. The Bertz CT molecular complexity index is 860. The summed E-state index contributed by atoms with van der Waals surface area (Å²) in [6, 6.07) is 15.8. The van der Waals surface area contributed by atoms with Crippen LogP contribution in [0.4, 0.5) is 13.6 Å². The molecule has 0 saturated heterocycles. The second-order valence-corrected chi connectivity index (χ2v) is 7.00. The zero-order valence-electron chi connectivity index (χ0n) is 15.6. The molecule has 0 spiro atoms. The number of benzene rings is 2. The van der Waals surface area contributed by atoms with Crippen molar-refractivity contribution in [3.8, 4) is 11.1 Å². The predicted molar refractivity (Wildman–Crippen MR) is 103 cm³/mol. The summed E-state index contributed by atoms with van der Waals surface area (Å²) in [4.78, 5) is 22.9. The number of amides is 1. The number of halogens is 2. The highest BCUT2D eigenvalue weighted by Gasteiger charge is 2.43. The number of carboxylic acid groups (broad SMARTS) is 1. The van der Waals surface area contributed by atoms with Crippen LogP contribution >= 0.6 is 0 Å². The number of nitrogens with one attached hydrogen (secondary N) is 1. The Balaban J connectivity index is 1.52. The summed E-state index contributed by atoms with van der Waals surface area (Å²) < 4.78 is 31.0. The quantitative estimate of drug-likeness (QED) is 0.586. The monoisotopic (exact) mass is 404 g/mol. The van der Waals surface area contributed by atoms with Crippen molar-refractivity contribution >= 4 is 12.1 Å². The molecule has 1 unspecified atom stereocenters. The number of fused-ring (bicyclic) bond motifs is 3. The molecule has 1 amide bonds. The standard InChI is InChI=1S/C21H22F2N2O4/c22-18(23)21(24,19(26)27)10-5-11-25-20(28)29-12-17-15-8-3-1-6-13(15)14-7-2-4-9-16(14)17/h1-4,6-9,17-18H,5,10-12,24H2,(H,25,28)(H,26,27). The van der Waals surface area contributed by atoms with E-state index in [0.717, 1.165) is 22.3 Å². The van der Waals surface area contributed by atoms with Crippen LogP contribution < -0.4 is 11.1 Å². The molecule has 8 heteroatoms. The van der Waals surface area contributed by atoms with Crippen molar-refractivity contribution in [2.45, 2.75) is 30.7 Å². The average Bonchev–Trinajstić information content (AvgIpc) is 3.03. The van der Waals surface area contributed by atoms with Crippen LogP contribution in [0.15, 0.2) is 48.5 Å². The van der Waals surface area contributed by atoms with Gasteiger partial charge in [-0.05, 0) is 35.1 Å². The molecule has 4 N–H and O–H groups in total. The summed E-state index contributed by atoms with van der Waals surface area (Å²) in [6.07, 6.45) is -4.38. The van der Waals surface area contributed by atoms with Crippen LogP contribution in [0.3, 0.4) is 0 Å². The van der Waals surface area contributed by atoms with E-state index in [1.54, 1.807) is 0 Å². The fourth-order valence-electron chi connectivity index (χ4n) is 3.53. The first-order chi connectivity index (χ1) is 13.8. The summed E-state index contributed by atoms with van der Waals surface area (Å²) in [7, 11) is 0. The summed E-state index contributed by atoms with van der Waals surface area (Å²) in [5, 5.41) is 11.3. The normalized spacial score (nSPS) is 14.8. The SMILES string of the molecule is NC(CCCNC(=O)OCC1c2ccccc2-c2ccccc21)(C(=O)O)C(F)F. The van der Waals surface area contributed by atoms with E-state index in [9.17, 15) is 18.4 Å². The van der Waals surface area contributed by atoms with Crippen LogP contribution in [0, 0.1) is 0 Å². The van der Waals surface area contributed by atoms with Crippen molar-refractivity contribution < 1.29 is 28.2 Å². The average molecular weight is 404 g/mol. The van der Waals surface area contributed by atoms with Gasteiger partial charge in [0.15, 0.2) is 5.54 Å². The molecule has 2 aromatic rings. The third-order valence-corrected chi connectivity index (χ3v) is 5.17. The van der Waals surface area contributed by atoms with Gasteiger partial charge in [0.1, 0.15) is 6.61 Å². The number of alkyl carbamates (subject to hydrolysis) is 1. The van der Waals surface area contributed by atoms with Gasteiger partial charge in [-0.3, -0.25) is 0 Å². The number of carbonyl (C=O) groups excluding carboxylic acids is 1. The van der Waals surface area contributed by atoms with E-state index in [0.29, 0.717) is 0 Å². The van der Waals surface area contributed by atoms with Crippen molar-refractivity contribution in [1.29, 1.82) is 0 Å². The molecule has 0 aliphatic heterocycles. The summed E-state index contributed by atoms with van der Waals surface area (Å²) in [5.74, 6) is -1.86. The molecule has 0 radical (unpaired) electrons. The molecule has 1 aliphatic carbocycles. The minimum Gasteiger partial charge on any atom is -0.480 e. The summed E-state index contributed by atoms with van der Waals surface area (Å²) >= 11 is 0. The highest BCUT2D eigenvalue weighted by atomic mass is 19.3. The lowest BCUT2D eigenvalue weighted by Gasteiger charge is -2.23. The van der Waals surface area contributed by atoms with E-state index < -0.39 is 30.4 Å². The predicted octanol–water partition coefficient (Wildman–Crippen LogP) is 3.35. The number of aliphatic carboxylic acids is 1. The second kappa shape index (κ2) is 8.57. The van der Waals surface area contributed by atoms with Crippen molar-refractivity contribution in [3.05, 3.63) is 59.7 Å². The number of nitrogens with two attached hydrogens (primary N) is 1. The minimum absolute atomic E-state index is 0.0165. The number of hydrogen-bond donors (Lipinski definition) is 3. The van der Waals surface area contributed by atoms with Gasteiger partial charge in [-0.2, -0.15) is 0 Å². The Morgan fingerprint density at radius 2 is 1.66 bits per heavy atom. The Morgan fingerprint density at radius 3 is 2.17 bits per heavy atom. The zero-order valence-corrected chi connectivity index (χ0v) is 15.6. The Labute approximate surface area is 166 Å². The van der Waals surface area contributed by atoms with E-state index in [1.807, 2.05) is 48.5 Å². The van der Waals surface area contributed by atoms with E-state index in [4.69, 9.17) is 15.6 Å². The largest absolute Gasteiger partial charge is 0.480 e. The van der Waals surface area contributed by atoms with Crippen molar-refractivity contribution in [3.63, 3.8) is 0 Å². The van der Waals surface area contributed by atoms with Gasteiger partial charge >= 0.3 is 12.1 Å². The zero-order chi connectivity index (χ0) is 21.0. The maximum Gasteiger partial charge on any atom is 0.407 e. The van der Waals surface area contributed by atoms with Crippen LogP contribution in [0.5, 0.6) is 0 Å². The lowest BCUT2D eigenvalue weighted by atomic mass is 9.95. The number of hydrogen-bond acceptors (Lipinski definition) is 4. The fraction of sp³-hybridized carbons (Fsp3) is 0.333. The van der Waals surface area contributed by atoms with Crippen LogP contribution in [0.2, 0.25) is 0 Å². The van der Waals surface area contributed by atoms with E-state index in [-0.39, 0.29) is 25.5 Å². The molecule has 29 heavy (non-hydrogen) atoms. The van der Waals surface area contributed by atoms with E-state index in [1.165, 1.54) is 0 Å². The van der Waals surface area contributed by atoms with Gasteiger partial charge in [0, 0.05) is 12.5 Å². The van der Waals surface area contributed by atoms with Crippen LogP contribution in [-0.4, -0.2) is 42.3 Å². The second-order valence-electron chi connectivity index (χ2n) is 7.00. The topological polar surface area (TPSA) is 102 Å². The maximum atomic E-state index is 12.8. The van der Waals surface area contributed by atoms with Gasteiger partial charge in [-0.1, -0.05) is 48.5 Å². The van der Waals surface area contributed by atoms with Crippen LogP contribution in [-0.2, 0) is 9.53 Å². The Morgan fingerprint density at radius 1 is 1.10 bits per heavy atom. The molecule has 0 bridgehead atoms. The van der Waals surface area contributed by atoms with Gasteiger partial charge < -0.3 is 20.9 Å². The third-order valence-electron chi connectivity index (χ3n) is 5.17. The van der Waals surface area contributed by atoms with Crippen LogP contribution in [0.25, 0.3) is 11.1 Å². The maximum absolute atomic E-state index is 12.8. The van der Waals surface area contributed by atoms with Crippen molar-refractivity contribution in [1.82, 2.24) is 5.32 Å². The number of carbonyl (C=O) groups is 2. The molecule has 0 aromatic heterocycles. The molecule has 3 rings (SSSR count). The number of rotatable bonds is 8. The lowest BCUT2D eigenvalue weighted by Crippen LogP contribution is -2.54. The van der Waals surface area contributed by atoms with Crippen molar-refractivity contribution in [2.24, 2.45) is 5.73 Å². The van der Waals surface area contributed by atoms with Gasteiger partial charge in [0.25, 0.3) is 6.43 Å². The first-order valence-electron chi connectivity index (χ1n) is 9.24. The van der Waals surface area contributed by atoms with Gasteiger partial charge in [-0.25, -0.2) is 18.4 Å². The number of ether oxygens (including phenoxy) is 1. The molecule has 154 valence electrons. The minimum atomic E-state index is -3.20. The number of alkyl halides is 2. The highest BCUT2D eigenvalue weighted by molar-refractivity contribution is 5.79. The molecular formula is C21H22F2N2O4. The summed E-state index contributed by atoms with van der Waals surface area (Å²) in [6.45, 7) is 0.114. The molecule has 0 heterocycles. The highest BCUT2D eigenvalue weighted by Crippen LogP contribution is 2.44. The molecular weight excluding hydrogens is 382 g/mol. The fourth-order valence-corrected chi connectivity index (χ4v) is 3.53. The first-order valence-corrected chi connectivity index (χ1v) is 9.24. The molecule has 0 saturated carbocycles. The molecule has 2 aromatic carbocycles. The van der Waals surface area contributed by atoms with Crippen LogP contribution in [0.1, 0.15) is 29.9 Å². The van der Waals surface area contributed by atoms with Crippen molar-refractivity contribution in [2.75, 3.05) is 13.2 Å². The summed E-state index contributed by atoms with van der Waals surface area (Å²) in [5.41, 5.74) is 6.99. The molecule has 0 fully saturated rings. The van der Waals surface area contributed by atoms with E-state index in [2.05, 4.69) is 5.32 Å². The first kappa shape index (κ1) is 20.7. The molecule has 1 atom stereocenters. The van der Waals surface area contributed by atoms with Gasteiger partial charge in [0.05, 0.1) is 0 Å². The number of carboxylic acids is 1.